The van der Waals surface area contributed by atoms with Crippen molar-refractivity contribution in [3.63, 3.8) is 0 Å². The summed E-state index contributed by atoms with van der Waals surface area (Å²) in [6.07, 6.45) is -0.414. The first kappa shape index (κ1) is 32.3. The average Bonchev–Trinajstić information content (AvgIpc) is 3.96. The Morgan fingerprint density at radius 2 is 1.21 bits per heavy atom. The van der Waals surface area contributed by atoms with Gasteiger partial charge in [-0.3, -0.25) is 5.32 Å². The summed E-state index contributed by atoms with van der Waals surface area (Å²) in [6, 6.07) is 64.8. The third kappa shape index (κ3) is 5.15. The zero-order chi connectivity index (χ0) is 37.5. The van der Waals surface area contributed by atoms with E-state index in [1.165, 1.54) is 47.7 Å². The highest BCUT2D eigenvalue weighted by Crippen LogP contribution is 2.43. The number of amidine groups is 1. The van der Waals surface area contributed by atoms with E-state index in [4.69, 9.17) is 9.41 Å². The Morgan fingerprint density at radius 1 is 0.526 bits per heavy atom. The van der Waals surface area contributed by atoms with Gasteiger partial charge in [-0.05, 0) is 65.2 Å². The number of nitrogens with zero attached hydrogens (tertiary/aromatic N) is 2. The molecule has 1 aliphatic rings. The maximum Gasteiger partial charge on any atom is 0.136 e. The first-order valence-corrected chi connectivity index (χ1v) is 20.2. The Labute approximate surface area is 332 Å². The molecule has 8 aromatic carbocycles. The molecule has 11 aromatic rings. The van der Waals surface area contributed by atoms with Crippen molar-refractivity contribution in [2.24, 2.45) is 4.99 Å². The summed E-state index contributed by atoms with van der Waals surface area (Å²) in [5.41, 5.74) is 10.9. The van der Waals surface area contributed by atoms with Gasteiger partial charge in [-0.15, -0.1) is 11.3 Å². The number of hydrogen-bond donors (Lipinski definition) is 2. The van der Waals surface area contributed by atoms with Gasteiger partial charge < -0.3 is 14.3 Å². The molecule has 0 saturated heterocycles. The lowest BCUT2D eigenvalue weighted by molar-refractivity contribution is 0.410. The topological polar surface area (TPSA) is 54.5 Å². The van der Waals surface area contributed by atoms with Gasteiger partial charge in [0.05, 0.1) is 21.4 Å². The molecular weight excluding hydrogens is 717 g/mol. The Kier molecular flexibility index (Phi) is 7.24. The lowest BCUT2D eigenvalue weighted by atomic mass is 9.99. The van der Waals surface area contributed by atoms with Crippen molar-refractivity contribution < 1.29 is 4.42 Å². The quantitative estimate of drug-likeness (QED) is 0.184. The highest BCUT2D eigenvalue weighted by atomic mass is 32.1. The number of rotatable bonds is 5. The number of para-hydroxylation sites is 2. The van der Waals surface area contributed by atoms with Crippen molar-refractivity contribution >= 4 is 81.1 Å². The van der Waals surface area contributed by atoms with Gasteiger partial charge in [0.15, 0.2) is 0 Å². The van der Waals surface area contributed by atoms with Crippen LogP contribution in [0.15, 0.2) is 191 Å². The molecule has 12 rings (SSSR count). The van der Waals surface area contributed by atoms with Crippen molar-refractivity contribution in [1.82, 2.24) is 15.2 Å². The number of thiophene rings is 1. The SMILES string of the molecule is c1ccc(C2=NC(c3cccc4oc5cc(-c6ccc7sc8c(-n9c%10ccccc%10c%10ccccc%109)cccc8c7c6)ccc5c34)NC(c3ccccc3)N2)cc1. The van der Waals surface area contributed by atoms with Crippen molar-refractivity contribution in [3.05, 3.63) is 199 Å². The Bertz CT molecular complexity index is 3320. The van der Waals surface area contributed by atoms with E-state index in [0.717, 1.165) is 55.6 Å². The van der Waals surface area contributed by atoms with Crippen LogP contribution in [-0.4, -0.2) is 10.4 Å². The van der Waals surface area contributed by atoms with Gasteiger partial charge in [-0.1, -0.05) is 133 Å². The molecule has 3 aromatic heterocycles. The van der Waals surface area contributed by atoms with Crippen molar-refractivity contribution in [2.45, 2.75) is 12.3 Å². The van der Waals surface area contributed by atoms with E-state index in [-0.39, 0.29) is 12.3 Å². The molecule has 270 valence electrons. The van der Waals surface area contributed by atoms with Gasteiger partial charge in [-0.2, -0.15) is 0 Å². The molecular formula is C51H34N4OS. The van der Waals surface area contributed by atoms with E-state index in [1.807, 2.05) is 23.5 Å². The lowest BCUT2D eigenvalue weighted by Crippen LogP contribution is -2.44. The molecule has 0 saturated carbocycles. The molecule has 6 heteroatoms. The van der Waals surface area contributed by atoms with Gasteiger partial charge in [0.1, 0.15) is 29.3 Å². The van der Waals surface area contributed by atoms with Crippen LogP contribution >= 0.6 is 11.3 Å². The van der Waals surface area contributed by atoms with Crippen LogP contribution in [0.3, 0.4) is 0 Å². The number of furan rings is 1. The van der Waals surface area contributed by atoms with Gasteiger partial charge >= 0.3 is 0 Å². The first-order chi connectivity index (χ1) is 28.2. The average molecular weight is 751 g/mol. The maximum atomic E-state index is 6.65. The van der Waals surface area contributed by atoms with Crippen LogP contribution < -0.4 is 10.6 Å². The van der Waals surface area contributed by atoms with Crippen LogP contribution in [-0.2, 0) is 0 Å². The number of nitrogens with one attached hydrogen (secondary N) is 2. The first-order valence-electron chi connectivity index (χ1n) is 19.4. The van der Waals surface area contributed by atoms with Crippen LogP contribution in [0.5, 0.6) is 0 Å². The second-order valence-corrected chi connectivity index (χ2v) is 15.8. The van der Waals surface area contributed by atoms with Crippen LogP contribution in [0.1, 0.15) is 29.0 Å². The van der Waals surface area contributed by atoms with Crippen molar-refractivity contribution in [2.75, 3.05) is 0 Å². The van der Waals surface area contributed by atoms with E-state index in [0.29, 0.717) is 0 Å². The second-order valence-electron chi connectivity index (χ2n) is 14.8. The molecule has 4 heterocycles. The minimum atomic E-state index is -0.294. The Hall–Kier alpha value is -6.99. The Balaban J connectivity index is 0.959. The van der Waals surface area contributed by atoms with E-state index < -0.39 is 0 Å². The van der Waals surface area contributed by atoms with Gasteiger partial charge in [0, 0.05) is 48.1 Å². The summed E-state index contributed by atoms with van der Waals surface area (Å²) in [5, 5.41) is 14.7. The van der Waals surface area contributed by atoms with E-state index in [2.05, 4.69) is 185 Å². The van der Waals surface area contributed by atoms with E-state index in [1.54, 1.807) is 0 Å². The fourth-order valence-corrected chi connectivity index (χ4v) is 10.0. The largest absolute Gasteiger partial charge is 0.456 e. The van der Waals surface area contributed by atoms with Crippen LogP contribution in [0.4, 0.5) is 0 Å². The molecule has 2 atom stereocenters. The summed E-state index contributed by atoms with van der Waals surface area (Å²) in [5.74, 6) is 0.860. The van der Waals surface area contributed by atoms with Crippen molar-refractivity contribution in [3.8, 4) is 16.8 Å². The zero-order valence-corrected chi connectivity index (χ0v) is 31.5. The minimum absolute atomic E-state index is 0.120. The summed E-state index contributed by atoms with van der Waals surface area (Å²) in [4.78, 5) is 5.25. The third-order valence-corrected chi connectivity index (χ3v) is 12.7. The molecule has 0 aliphatic carbocycles. The smallest absolute Gasteiger partial charge is 0.136 e. The predicted octanol–water partition coefficient (Wildman–Crippen LogP) is 13.1. The van der Waals surface area contributed by atoms with E-state index in [9.17, 15) is 0 Å². The predicted molar refractivity (Wildman–Crippen MR) is 238 cm³/mol. The van der Waals surface area contributed by atoms with Crippen LogP contribution in [0.2, 0.25) is 0 Å². The molecule has 0 radical (unpaired) electrons. The fourth-order valence-electron chi connectivity index (χ4n) is 8.86. The number of hydrogen-bond acceptors (Lipinski definition) is 5. The molecule has 0 bridgehead atoms. The summed E-state index contributed by atoms with van der Waals surface area (Å²) in [7, 11) is 0. The maximum absolute atomic E-state index is 6.65. The standard InChI is InChI=1S/C51H34N4OS/c1-3-13-31(14-4-1)49-52-50(32-15-5-2-6-16-32)54-51(53-49)39-20-12-24-44-47(39)38-27-25-34(30-45(38)56-44)33-26-28-46-40(29-33)37-19-11-23-43(48(37)57-46)55-41-21-9-7-17-35(41)36-18-8-10-22-42(36)55/h1-30,49,51,53H,(H,52,54). The highest BCUT2D eigenvalue weighted by Gasteiger charge is 2.28. The van der Waals surface area contributed by atoms with Crippen molar-refractivity contribution in [1.29, 1.82) is 0 Å². The van der Waals surface area contributed by atoms with Gasteiger partial charge in [-0.25, -0.2) is 4.99 Å². The van der Waals surface area contributed by atoms with Crippen LogP contribution in [0, 0.1) is 0 Å². The molecule has 0 spiro atoms. The summed E-state index contributed by atoms with van der Waals surface area (Å²) >= 11 is 1.87. The van der Waals surface area contributed by atoms with E-state index >= 15 is 0 Å². The third-order valence-electron chi connectivity index (χ3n) is 11.5. The summed E-state index contributed by atoms with van der Waals surface area (Å²) < 4.78 is 11.6. The molecule has 57 heavy (non-hydrogen) atoms. The monoisotopic (exact) mass is 750 g/mol. The summed E-state index contributed by atoms with van der Waals surface area (Å²) in [6.45, 7) is 0. The zero-order valence-electron chi connectivity index (χ0n) is 30.7. The molecule has 5 nitrogen and oxygen atoms in total. The molecule has 0 fully saturated rings. The molecule has 1 aliphatic heterocycles. The minimum Gasteiger partial charge on any atom is -0.456 e. The van der Waals surface area contributed by atoms with Gasteiger partial charge in [0.25, 0.3) is 0 Å². The number of aliphatic imine (C=N–C) groups is 1. The molecule has 2 N–H and O–H groups in total. The number of fused-ring (bicyclic) bond motifs is 9. The highest BCUT2D eigenvalue weighted by molar-refractivity contribution is 7.26. The molecule has 2 unspecified atom stereocenters. The fraction of sp³-hybridized carbons (Fsp3) is 0.0392. The normalized spacial score (nSPS) is 15.9. The van der Waals surface area contributed by atoms with Gasteiger partial charge in [0.2, 0.25) is 0 Å². The number of aromatic nitrogens is 1. The number of benzene rings is 8. The lowest BCUT2D eigenvalue weighted by Gasteiger charge is -2.32. The van der Waals surface area contributed by atoms with Crippen LogP contribution in [0.25, 0.3) is 80.7 Å². The molecule has 0 amide bonds. The Morgan fingerprint density at radius 3 is 2.02 bits per heavy atom. The second kappa shape index (κ2) is 12.8.